The molecule has 0 saturated heterocycles. The summed E-state index contributed by atoms with van der Waals surface area (Å²) in [4.78, 5) is 28.8. The third kappa shape index (κ3) is 2.96. The second kappa shape index (κ2) is 6.23. The molecule has 3 rings (SSSR count). The van der Waals surface area contributed by atoms with Gasteiger partial charge in [0.15, 0.2) is 5.69 Å². The van der Waals surface area contributed by atoms with Gasteiger partial charge >= 0.3 is 0 Å². The molecule has 0 radical (unpaired) electrons. The first kappa shape index (κ1) is 15.3. The van der Waals surface area contributed by atoms with Gasteiger partial charge in [0.1, 0.15) is 17.8 Å². The lowest BCUT2D eigenvalue weighted by atomic mass is 9.88. The molecule has 8 heteroatoms. The van der Waals surface area contributed by atoms with E-state index >= 15 is 0 Å². The highest BCUT2D eigenvalue weighted by molar-refractivity contribution is 6.04. The number of carbonyl (C=O) groups is 1. The summed E-state index contributed by atoms with van der Waals surface area (Å²) in [5.74, 6) is -0.645. The SMILES string of the molecule is Cn1c(C2CCCCC2)nc(C(=O)Nc2cnoc2)c(O)c1=O. The number of carbonyl (C=O) groups excluding carboxylic acids is 1. The van der Waals surface area contributed by atoms with E-state index in [2.05, 4.69) is 20.0 Å². The number of nitrogens with one attached hydrogen (secondary N) is 1. The van der Waals surface area contributed by atoms with Gasteiger partial charge in [-0.2, -0.15) is 0 Å². The maximum Gasteiger partial charge on any atom is 0.296 e. The Morgan fingerprint density at radius 3 is 2.78 bits per heavy atom. The van der Waals surface area contributed by atoms with Crippen LogP contribution in [-0.4, -0.2) is 25.7 Å². The third-order valence-electron chi connectivity index (χ3n) is 4.18. The first-order valence-corrected chi connectivity index (χ1v) is 7.58. The topological polar surface area (TPSA) is 110 Å². The van der Waals surface area contributed by atoms with E-state index in [1.165, 1.54) is 23.4 Å². The van der Waals surface area contributed by atoms with Crippen LogP contribution in [0.5, 0.6) is 5.75 Å². The van der Waals surface area contributed by atoms with Gasteiger partial charge in [-0.25, -0.2) is 4.98 Å². The van der Waals surface area contributed by atoms with Gasteiger partial charge in [-0.1, -0.05) is 24.4 Å². The number of aromatic hydroxyl groups is 1. The molecule has 23 heavy (non-hydrogen) atoms. The first-order chi connectivity index (χ1) is 11.1. The molecule has 0 aromatic carbocycles. The van der Waals surface area contributed by atoms with Crippen LogP contribution in [-0.2, 0) is 7.05 Å². The van der Waals surface area contributed by atoms with Crippen LogP contribution >= 0.6 is 0 Å². The number of nitrogens with zero attached hydrogens (tertiary/aromatic N) is 3. The number of hydrogen-bond donors (Lipinski definition) is 2. The summed E-state index contributed by atoms with van der Waals surface area (Å²) in [6.45, 7) is 0. The number of hydrogen-bond acceptors (Lipinski definition) is 6. The number of amides is 1. The Morgan fingerprint density at radius 1 is 1.39 bits per heavy atom. The van der Waals surface area contributed by atoms with Gasteiger partial charge in [0.25, 0.3) is 11.5 Å². The summed E-state index contributed by atoms with van der Waals surface area (Å²) >= 11 is 0. The largest absolute Gasteiger partial charge is 0.501 e. The van der Waals surface area contributed by atoms with E-state index in [0.29, 0.717) is 11.5 Å². The Labute approximate surface area is 132 Å². The maximum absolute atomic E-state index is 12.3. The van der Waals surface area contributed by atoms with E-state index in [1.807, 2.05) is 0 Å². The van der Waals surface area contributed by atoms with E-state index in [9.17, 15) is 14.7 Å². The number of anilines is 1. The van der Waals surface area contributed by atoms with Crippen molar-refractivity contribution in [3.63, 3.8) is 0 Å². The van der Waals surface area contributed by atoms with Crippen molar-refractivity contribution in [3.8, 4) is 5.75 Å². The van der Waals surface area contributed by atoms with Crippen LogP contribution in [0, 0.1) is 0 Å². The van der Waals surface area contributed by atoms with Crippen molar-refractivity contribution >= 4 is 11.6 Å². The molecule has 1 aliphatic rings. The zero-order chi connectivity index (χ0) is 16.4. The molecule has 122 valence electrons. The van der Waals surface area contributed by atoms with E-state index in [4.69, 9.17) is 0 Å². The van der Waals surface area contributed by atoms with E-state index in [-0.39, 0.29) is 11.6 Å². The van der Waals surface area contributed by atoms with Gasteiger partial charge in [0.2, 0.25) is 5.75 Å². The Kier molecular flexibility index (Phi) is 4.14. The fourth-order valence-corrected chi connectivity index (χ4v) is 2.95. The molecule has 2 aromatic rings. The number of rotatable bonds is 3. The highest BCUT2D eigenvalue weighted by atomic mass is 16.5. The molecular weight excluding hydrogens is 300 g/mol. The fourth-order valence-electron chi connectivity index (χ4n) is 2.95. The molecule has 8 nitrogen and oxygen atoms in total. The van der Waals surface area contributed by atoms with Crippen molar-refractivity contribution in [2.24, 2.45) is 7.05 Å². The average molecular weight is 318 g/mol. The van der Waals surface area contributed by atoms with Crippen LogP contribution in [0.4, 0.5) is 5.69 Å². The van der Waals surface area contributed by atoms with Gasteiger partial charge < -0.3 is 14.9 Å². The monoisotopic (exact) mass is 318 g/mol. The number of aromatic nitrogens is 3. The van der Waals surface area contributed by atoms with Crippen LogP contribution < -0.4 is 10.9 Å². The molecule has 0 unspecified atom stereocenters. The summed E-state index contributed by atoms with van der Waals surface area (Å²) in [5, 5.41) is 16.0. The fraction of sp³-hybridized carbons (Fsp3) is 0.467. The minimum Gasteiger partial charge on any atom is -0.501 e. The second-order valence-electron chi connectivity index (χ2n) is 5.73. The summed E-state index contributed by atoms with van der Waals surface area (Å²) in [7, 11) is 1.57. The summed E-state index contributed by atoms with van der Waals surface area (Å²) in [6, 6.07) is 0. The van der Waals surface area contributed by atoms with Crippen LogP contribution in [0.3, 0.4) is 0 Å². The van der Waals surface area contributed by atoms with Crippen molar-refractivity contribution in [2.45, 2.75) is 38.0 Å². The van der Waals surface area contributed by atoms with Crippen molar-refractivity contribution < 1.29 is 14.4 Å². The Balaban J connectivity index is 1.97. The van der Waals surface area contributed by atoms with Crippen molar-refractivity contribution in [2.75, 3.05) is 5.32 Å². The molecule has 0 aliphatic heterocycles. The smallest absolute Gasteiger partial charge is 0.296 e. The van der Waals surface area contributed by atoms with Gasteiger partial charge in [0.05, 0.1) is 6.20 Å². The predicted octanol–water partition coefficient (Wildman–Crippen LogP) is 1.77. The molecule has 1 fully saturated rings. The Bertz CT molecular complexity index is 761. The minimum atomic E-state index is -0.666. The third-order valence-corrected chi connectivity index (χ3v) is 4.18. The van der Waals surface area contributed by atoms with Crippen LogP contribution in [0.15, 0.2) is 21.8 Å². The highest BCUT2D eigenvalue weighted by Gasteiger charge is 2.25. The summed E-state index contributed by atoms with van der Waals surface area (Å²) in [5.41, 5.74) is -0.554. The van der Waals surface area contributed by atoms with Gasteiger partial charge in [-0.3, -0.25) is 14.2 Å². The van der Waals surface area contributed by atoms with Crippen molar-refractivity contribution in [1.29, 1.82) is 0 Å². The summed E-state index contributed by atoms with van der Waals surface area (Å²) in [6.07, 6.45) is 7.74. The lowest BCUT2D eigenvalue weighted by Gasteiger charge is -2.23. The Hall–Kier alpha value is -2.64. The molecule has 0 atom stereocenters. The normalized spacial score (nSPS) is 15.5. The highest BCUT2D eigenvalue weighted by Crippen LogP contribution is 2.31. The molecule has 0 bridgehead atoms. The molecule has 1 amide bonds. The van der Waals surface area contributed by atoms with Gasteiger partial charge in [-0.15, -0.1) is 0 Å². The van der Waals surface area contributed by atoms with Crippen LogP contribution in [0.1, 0.15) is 54.3 Å². The van der Waals surface area contributed by atoms with Crippen molar-refractivity contribution in [1.82, 2.24) is 14.7 Å². The van der Waals surface area contributed by atoms with Crippen molar-refractivity contribution in [3.05, 3.63) is 34.3 Å². The molecule has 1 aliphatic carbocycles. The lowest BCUT2D eigenvalue weighted by Crippen LogP contribution is -2.29. The molecule has 2 N–H and O–H groups in total. The van der Waals surface area contributed by atoms with Crippen LogP contribution in [0.25, 0.3) is 0 Å². The molecule has 2 heterocycles. The standard InChI is InChI=1S/C15H18N4O4/c1-19-13(9-5-3-2-4-6-9)18-11(12(20)15(19)22)14(21)17-10-7-16-23-8-10/h7-9,20H,2-6H2,1H3,(H,17,21). The quantitative estimate of drug-likeness (QED) is 0.892. The zero-order valence-corrected chi connectivity index (χ0v) is 12.8. The maximum atomic E-state index is 12.3. The summed E-state index contributed by atoms with van der Waals surface area (Å²) < 4.78 is 5.96. The second-order valence-corrected chi connectivity index (χ2v) is 5.73. The van der Waals surface area contributed by atoms with Crippen LogP contribution in [0.2, 0.25) is 0 Å². The first-order valence-electron chi connectivity index (χ1n) is 7.58. The van der Waals surface area contributed by atoms with Gasteiger partial charge in [0, 0.05) is 13.0 Å². The van der Waals surface area contributed by atoms with Gasteiger partial charge in [-0.05, 0) is 12.8 Å². The minimum absolute atomic E-state index is 0.129. The molecule has 1 saturated carbocycles. The Morgan fingerprint density at radius 2 is 2.13 bits per heavy atom. The predicted molar refractivity (Wildman–Crippen MR) is 81.4 cm³/mol. The van der Waals surface area contributed by atoms with E-state index in [1.54, 1.807) is 7.05 Å². The van der Waals surface area contributed by atoms with E-state index in [0.717, 1.165) is 25.7 Å². The molecule has 0 spiro atoms. The van der Waals surface area contributed by atoms with E-state index < -0.39 is 17.2 Å². The molecular formula is C15H18N4O4. The zero-order valence-electron chi connectivity index (χ0n) is 12.8. The molecule has 2 aromatic heterocycles. The average Bonchev–Trinajstić information content (AvgIpc) is 3.06. The lowest BCUT2D eigenvalue weighted by molar-refractivity contribution is 0.101.